The van der Waals surface area contributed by atoms with Gasteiger partial charge < -0.3 is 9.30 Å². The van der Waals surface area contributed by atoms with Gasteiger partial charge in [-0.1, -0.05) is 6.92 Å². The van der Waals surface area contributed by atoms with Crippen LogP contribution in [0.25, 0.3) is 21.9 Å². The van der Waals surface area contributed by atoms with E-state index in [4.69, 9.17) is 9.72 Å². The number of hydrogen-bond acceptors (Lipinski definition) is 4. The number of fused-ring (bicyclic) bond motifs is 3. The van der Waals surface area contributed by atoms with Crippen LogP contribution in [0.4, 0.5) is 0 Å². The summed E-state index contributed by atoms with van der Waals surface area (Å²) in [6, 6.07) is 8.44. The highest BCUT2D eigenvalue weighted by Gasteiger charge is 2.32. The first-order valence-corrected chi connectivity index (χ1v) is 10.5. The van der Waals surface area contributed by atoms with Crippen LogP contribution in [-0.4, -0.2) is 27.2 Å². The molecule has 2 fully saturated rings. The SMILES string of the molecule is CC1CCC(c2nc3cnc4ccc(C#N)cc4c3n2[C@@H]2CCO[C@H](C)C2)C1. The normalized spacial score (nSPS) is 28.0. The standard InChI is InChI=1S/C23H26N4O/c1-14-3-5-17(9-14)23-26-21-13-25-20-6-4-16(12-24)11-19(20)22(21)27(23)18-7-8-28-15(2)10-18/h4,6,11,13-15,17-18H,3,5,7-10H2,1-2H3/t14?,15-,17?,18-/m1/s1. The van der Waals surface area contributed by atoms with Gasteiger partial charge in [0.15, 0.2) is 0 Å². The minimum atomic E-state index is 0.259. The molecule has 2 aromatic heterocycles. The van der Waals surface area contributed by atoms with Gasteiger partial charge >= 0.3 is 0 Å². The van der Waals surface area contributed by atoms with E-state index in [1.165, 1.54) is 25.1 Å². The summed E-state index contributed by atoms with van der Waals surface area (Å²) in [5.74, 6) is 2.48. The van der Waals surface area contributed by atoms with Gasteiger partial charge in [-0.2, -0.15) is 5.26 Å². The molecule has 1 saturated heterocycles. The summed E-state index contributed by atoms with van der Waals surface area (Å²) in [5, 5.41) is 10.5. The molecule has 5 rings (SSSR count). The Labute approximate surface area is 165 Å². The molecule has 0 N–H and O–H groups in total. The molecule has 0 radical (unpaired) electrons. The number of ether oxygens (including phenoxy) is 1. The molecule has 1 aliphatic heterocycles. The maximum Gasteiger partial charge on any atom is 0.113 e. The first kappa shape index (κ1) is 17.6. The van der Waals surface area contributed by atoms with E-state index in [-0.39, 0.29) is 6.10 Å². The fraction of sp³-hybridized carbons (Fsp3) is 0.522. The van der Waals surface area contributed by atoms with Crippen molar-refractivity contribution in [1.82, 2.24) is 14.5 Å². The van der Waals surface area contributed by atoms with Crippen LogP contribution in [0.2, 0.25) is 0 Å². The summed E-state index contributed by atoms with van der Waals surface area (Å²) < 4.78 is 8.34. The predicted octanol–water partition coefficient (Wildman–Crippen LogP) is 5.10. The second-order valence-electron chi connectivity index (χ2n) is 8.65. The molecule has 1 saturated carbocycles. The summed E-state index contributed by atoms with van der Waals surface area (Å²) in [6.45, 7) is 5.30. The van der Waals surface area contributed by atoms with Gasteiger partial charge in [-0.25, -0.2) is 4.98 Å². The van der Waals surface area contributed by atoms with Gasteiger partial charge in [-0.15, -0.1) is 0 Å². The maximum absolute atomic E-state index is 9.42. The Morgan fingerprint density at radius 3 is 2.79 bits per heavy atom. The minimum absolute atomic E-state index is 0.259. The Bertz CT molecular complexity index is 1080. The zero-order chi connectivity index (χ0) is 19.3. The zero-order valence-electron chi connectivity index (χ0n) is 16.6. The lowest BCUT2D eigenvalue weighted by atomic mass is 10.0. The minimum Gasteiger partial charge on any atom is -0.378 e. The largest absolute Gasteiger partial charge is 0.378 e. The predicted molar refractivity (Wildman–Crippen MR) is 109 cm³/mol. The third-order valence-corrected chi connectivity index (χ3v) is 6.55. The van der Waals surface area contributed by atoms with Crippen molar-refractivity contribution in [2.24, 2.45) is 5.92 Å². The lowest BCUT2D eigenvalue weighted by Crippen LogP contribution is -2.27. The fourth-order valence-electron chi connectivity index (χ4n) is 5.17. The van der Waals surface area contributed by atoms with Gasteiger partial charge in [0.25, 0.3) is 0 Å². The summed E-state index contributed by atoms with van der Waals surface area (Å²) in [5.41, 5.74) is 3.71. The average molecular weight is 374 g/mol. The molecule has 1 aromatic carbocycles. The number of nitriles is 1. The molecule has 2 aliphatic rings. The van der Waals surface area contributed by atoms with Gasteiger partial charge in [0, 0.05) is 24.0 Å². The van der Waals surface area contributed by atoms with Crippen molar-refractivity contribution in [3.63, 3.8) is 0 Å². The van der Waals surface area contributed by atoms with E-state index >= 15 is 0 Å². The van der Waals surface area contributed by atoms with E-state index in [2.05, 4.69) is 29.5 Å². The third-order valence-electron chi connectivity index (χ3n) is 6.55. The van der Waals surface area contributed by atoms with Gasteiger partial charge in [-0.3, -0.25) is 4.98 Å². The van der Waals surface area contributed by atoms with E-state index in [1.54, 1.807) is 0 Å². The van der Waals surface area contributed by atoms with Crippen molar-refractivity contribution in [3.05, 3.63) is 35.8 Å². The van der Waals surface area contributed by atoms with E-state index < -0.39 is 0 Å². The van der Waals surface area contributed by atoms with Crippen LogP contribution in [-0.2, 0) is 4.74 Å². The molecular weight excluding hydrogens is 348 g/mol. The van der Waals surface area contributed by atoms with Gasteiger partial charge in [-0.05, 0) is 63.1 Å². The van der Waals surface area contributed by atoms with Crippen molar-refractivity contribution in [1.29, 1.82) is 5.26 Å². The molecule has 5 heteroatoms. The van der Waals surface area contributed by atoms with Crippen molar-refractivity contribution in [3.8, 4) is 6.07 Å². The van der Waals surface area contributed by atoms with Crippen molar-refractivity contribution in [2.45, 2.75) is 64.0 Å². The van der Waals surface area contributed by atoms with Crippen LogP contribution in [0, 0.1) is 17.2 Å². The molecule has 0 bridgehead atoms. The van der Waals surface area contributed by atoms with Gasteiger partial charge in [0.1, 0.15) is 11.3 Å². The molecule has 5 nitrogen and oxygen atoms in total. The zero-order valence-corrected chi connectivity index (χ0v) is 16.6. The van der Waals surface area contributed by atoms with Gasteiger partial charge in [0.2, 0.25) is 0 Å². The summed E-state index contributed by atoms with van der Waals surface area (Å²) in [6.07, 6.45) is 7.86. The highest BCUT2D eigenvalue weighted by molar-refractivity contribution is 6.03. The number of hydrogen-bond donors (Lipinski definition) is 0. The topological polar surface area (TPSA) is 63.7 Å². The van der Waals surface area contributed by atoms with Crippen molar-refractivity contribution in [2.75, 3.05) is 6.61 Å². The molecule has 4 atom stereocenters. The Morgan fingerprint density at radius 1 is 1.14 bits per heavy atom. The molecule has 28 heavy (non-hydrogen) atoms. The smallest absolute Gasteiger partial charge is 0.113 e. The van der Waals surface area contributed by atoms with Crippen LogP contribution < -0.4 is 0 Å². The quantitative estimate of drug-likeness (QED) is 0.626. The second-order valence-corrected chi connectivity index (χ2v) is 8.65. The number of rotatable bonds is 2. The highest BCUT2D eigenvalue weighted by Crippen LogP contribution is 2.42. The Kier molecular flexibility index (Phi) is 4.32. The molecular formula is C23H26N4O. The van der Waals surface area contributed by atoms with Crippen LogP contribution in [0.1, 0.15) is 69.3 Å². The average Bonchev–Trinajstić information content (AvgIpc) is 3.31. The van der Waals surface area contributed by atoms with E-state index in [9.17, 15) is 5.26 Å². The molecule has 2 unspecified atom stereocenters. The summed E-state index contributed by atoms with van der Waals surface area (Å²) in [4.78, 5) is 9.74. The number of aromatic nitrogens is 3. The lowest BCUT2D eigenvalue weighted by Gasteiger charge is -2.31. The monoisotopic (exact) mass is 374 g/mol. The summed E-state index contributed by atoms with van der Waals surface area (Å²) in [7, 11) is 0. The van der Waals surface area contributed by atoms with Crippen molar-refractivity contribution >= 4 is 21.9 Å². The van der Waals surface area contributed by atoms with Crippen molar-refractivity contribution < 1.29 is 4.74 Å². The maximum atomic E-state index is 9.42. The fourth-order valence-corrected chi connectivity index (χ4v) is 5.17. The van der Waals surface area contributed by atoms with E-state index in [0.29, 0.717) is 17.5 Å². The lowest BCUT2D eigenvalue weighted by molar-refractivity contribution is 0.00606. The van der Waals surface area contributed by atoms with Crippen LogP contribution >= 0.6 is 0 Å². The van der Waals surface area contributed by atoms with Crippen LogP contribution in [0.3, 0.4) is 0 Å². The molecule has 1 aliphatic carbocycles. The molecule has 0 amide bonds. The third kappa shape index (κ3) is 2.87. The molecule has 3 heterocycles. The number of pyridine rings is 1. The van der Waals surface area contributed by atoms with Crippen LogP contribution in [0.5, 0.6) is 0 Å². The first-order valence-electron chi connectivity index (χ1n) is 10.5. The molecule has 3 aromatic rings. The number of benzene rings is 1. The molecule has 144 valence electrons. The van der Waals surface area contributed by atoms with E-state index in [0.717, 1.165) is 47.3 Å². The Balaban J connectivity index is 1.77. The second kappa shape index (κ2) is 6.86. The Hall–Kier alpha value is -2.45. The molecule has 0 spiro atoms. The number of imidazole rings is 1. The van der Waals surface area contributed by atoms with Crippen LogP contribution in [0.15, 0.2) is 24.4 Å². The Morgan fingerprint density at radius 2 is 2.04 bits per heavy atom. The van der Waals surface area contributed by atoms with Gasteiger partial charge in [0.05, 0.1) is 35.0 Å². The number of nitrogens with zero attached hydrogens (tertiary/aromatic N) is 4. The summed E-state index contributed by atoms with van der Waals surface area (Å²) >= 11 is 0. The highest BCUT2D eigenvalue weighted by atomic mass is 16.5. The van der Waals surface area contributed by atoms with E-state index in [1.807, 2.05) is 24.4 Å². The first-order chi connectivity index (χ1) is 13.6.